The zero-order valence-electron chi connectivity index (χ0n) is 17.4. The van der Waals surface area contributed by atoms with Crippen LogP contribution in [0.15, 0.2) is 48.5 Å². The van der Waals surface area contributed by atoms with Gasteiger partial charge in [-0.3, -0.25) is 9.59 Å². The van der Waals surface area contributed by atoms with Gasteiger partial charge in [-0.1, -0.05) is 26.0 Å². The first-order valence-electron chi connectivity index (χ1n) is 10.0. The number of anilines is 2. The summed E-state index contributed by atoms with van der Waals surface area (Å²) in [4.78, 5) is 29.0. The van der Waals surface area contributed by atoms with Gasteiger partial charge in [0.2, 0.25) is 5.91 Å². The predicted octanol–water partition coefficient (Wildman–Crippen LogP) is 3.64. The highest BCUT2D eigenvalue weighted by atomic mass is 16.5. The Balaban J connectivity index is 1.57. The van der Waals surface area contributed by atoms with Gasteiger partial charge in [-0.2, -0.15) is 0 Å². The van der Waals surface area contributed by atoms with E-state index < -0.39 is 0 Å². The van der Waals surface area contributed by atoms with Crippen LogP contribution in [-0.2, 0) is 4.79 Å². The number of nitrogens with one attached hydrogen (secondary N) is 1. The first kappa shape index (κ1) is 20.7. The normalized spacial score (nSPS) is 14.1. The second-order valence-electron chi connectivity index (χ2n) is 7.67. The van der Waals surface area contributed by atoms with Crippen LogP contribution in [0.2, 0.25) is 0 Å². The number of carbonyl (C=O) groups excluding carboxylic acids is 2. The zero-order valence-corrected chi connectivity index (χ0v) is 17.4. The molecule has 0 aromatic heterocycles. The molecule has 29 heavy (non-hydrogen) atoms. The lowest BCUT2D eigenvalue weighted by atomic mass is 10.1. The van der Waals surface area contributed by atoms with E-state index in [1.165, 1.54) is 0 Å². The molecule has 0 atom stereocenters. The number of rotatable bonds is 6. The van der Waals surface area contributed by atoms with Gasteiger partial charge in [-0.25, -0.2) is 0 Å². The maximum Gasteiger partial charge on any atom is 0.259 e. The molecule has 0 bridgehead atoms. The molecule has 1 heterocycles. The molecule has 3 rings (SSSR count). The average Bonchev–Trinajstić information content (AvgIpc) is 2.74. The first-order valence-corrected chi connectivity index (χ1v) is 10.0. The fourth-order valence-corrected chi connectivity index (χ4v) is 3.48. The lowest BCUT2D eigenvalue weighted by Gasteiger charge is -2.36. The number of nitrogens with zero attached hydrogens (tertiary/aromatic N) is 2. The van der Waals surface area contributed by atoms with Crippen molar-refractivity contribution < 1.29 is 14.3 Å². The Morgan fingerprint density at radius 2 is 1.66 bits per heavy atom. The minimum absolute atomic E-state index is 0.201. The number of carbonyl (C=O) groups is 2. The van der Waals surface area contributed by atoms with Crippen molar-refractivity contribution in [3.05, 3.63) is 54.1 Å². The predicted molar refractivity (Wildman–Crippen MR) is 116 cm³/mol. The summed E-state index contributed by atoms with van der Waals surface area (Å²) in [6, 6.07) is 15.0. The minimum Gasteiger partial charge on any atom is -0.496 e. The van der Waals surface area contributed by atoms with Gasteiger partial charge < -0.3 is 19.9 Å². The van der Waals surface area contributed by atoms with Crippen molar-refractivity contribution in [2.45, 2.75) is 20.3 Å². The molecule has 0 saturated carbocycles. The number of ether oxygens (including phenoxy) is 1. The van der Waals surface area contributed by atoms with E-state index >= 15 is 0 Å². The Labute approximate surface area is 172 Å². The van der Waals surface area contributed by atoms with E-state index in [1.807, 2.05) is 41.3 Å². The minimum atomic E-state index is -0.201. The number of benzene rings is 2. The van der Waals surface area contributed by atoms with Crippen LogP contribution in [0.5, 0.6) is 5.75 Å². The van der Waals surface area contributed by atoms with Gasteiger partial charge >= 0.3 is 0 Å². The lowest BCUT2D eigenvalue weighted by Crippen LogP contribution is -2.49. The van der Waals surface area contributed by atoms with Crippen molar-refractivity contribution in [1.29, 1.82) is 0 Å². The molecule has 1 saturated heterocycles. The zero-order chi connectivity index (χ0) is 20.8. The average molecular weight is 396 g/mol. The van der Waals surface area contributed by atoms with E-state index in [2.05, 4.69) is 24.1 Å². The van der Waals surface area contributed by atoms with E-state index in [4.69, 9.17) is 4.74 Å². The Morgan fingerprint density at radius 1 is 1.00 bits per heavy atom. The van der Waals surface area contributed by atoms with Crippen LogP contribution in [0.4, 0.5) is 11.4 Å². The largest absolute Gasteiger partial charge is 0.496 e. The molecular formula is C23H29N3O3. The number of hydrogen-bond acceptors (Lipinski definition) is 4. The van der Waals surface area contributed by atoms with E-state index in [-0.39, 0.29) is 11.8 Å². The van der Waals surface area contributed by atoms with Crippen LogP contribution in [0.25, 0.3) is 0 Å². The molecule has 1 fully saturated rings. The van der Waals surface area contributed by atoms with Crippen molar-refractivity contribution >= 4 is 23.2 Å². The van der Waals surface area contributed by atoms with Crippen LogP contribution in [0, 0.1) is 5.92 Å². The molecule has 0 aliphatic carbocycles. The second-order valence-corrected chi connectivity index (χ2v) is 7.67. The molecule has 2 aromatic rings. The Hall–Kier alpha value is -3.02. The summed E-state index contributed by atoms with van der Waals surface area (Å²) in [6.07, 6.45) is 0.612. The SMILES string of the molecule is COc1ccccc1C(=O)Nc1ccc(N2CCN(C(=O)CC(C)C)CC2)cc1. The summed E-state index contributed by atoms with van der Waals surface area (Å²) in [5, 5.41) is 2.91. The van der Waals surface area contributed by atoms with Crippen LogP contribution < -0.4 is 15.0 Å². The van der Waals surface area contributed by atoms with E-state index in [1.54, 1.807) is 19.2 Å². The summed E-state index contributed by atoms with van der Waals surface area (Å²) in [6.45, 7) is 7.27. The van der Waals surface area contributed by atoms with Gasteiger partial charge in [0.15, 0.2) is 0 Å². The molecule has 6 heteroatoms. The molecule has 154 valence electrons. The van der Waals surface area contributed by atoms with Gasteiger partial charge in [0.1, 0.15) is 5.75 Å². The summed E-state index contributed by atoms with van der Waals surface area (Å²) in [7, 11) is 1.55. The topological polar surface area (TPSA) is 61.9 Å². The molecule has 1 aliphatic rings. The molecule has 0 radical (unpaired) electrons. The molecule has 2 amide bonds. The molecular weight excluding hydrogens is 366 g/mol. The van der Waals surface area contributed by atoms with E-state index in [0.717, 1.165) is 37.6 Å². The van der Waals surface area contributed by atoms with E-state index in [0.29, 0.717) is 23.7 Å². The summed E-state index contributed by atoms with van der Waals surface area (Å²) < 4.78 is 5.25. The first-order chi connectivity index (χ1) is 14.0. The van der Waals surface area contributed by atoms with Crippen molar-refractivity contribution in [3.8, 4) is 5.75 Å². The summed E-state index contributed by atoms with van der Waals surface area (Å²) >= 11 is 0. The fraction of sp³-hybridized carbons (Fsp3) is 0.391. The van der Waals surface area contributed by atoms with Gasteiger partial charge in [0.05, 0.1) is 12.7 Å². The summed E-state index contributed by atoms with van der Waals surface area (Å²) in [5.74, 6) is 0.979. The molecule has 6 nitrogen and oxygen atoms in total. The highest BCUT2D eigenvalue weighted by Gasteiger charge is 2.21. The van der Waals surface area contributed by atoms with Gasteiger partial charge in [-0.15, -0.1) is 0 Å². The number of methoxy groups -OCH3 is 1. The van der Waals surface area contributed by atoms with E-state index in [9.17, 15) is 9.59 Å². The Bertz CT molecular complexity index is 841. The van der Waals surface area contributed by atoms with Gasteiger partial charge in [-0.05, 0) is 42.3 Å². The van der Waals surface area contributed by atoms with Crippen LogP contribution in [-0.4, -0.2) is 50.0 Å². The third-order valence-corrected chi connectivity index (χ3v) is 5.06. The maximum absolute atomic E-state index is 12.5. The summed E-state index contributed by atoms with van der Waals surface area (Å²) in [5.41, 5.74) is 2.33. The van der Waals surface area contributed by atoms with Gasteiger partial charge in [0, 0.05) is 44.0 Å². The molecule has 0 spiro atoms. The standard InChI is InChI=1S/C23H29N3O3/c1-17(2)16-22(27)26-14-12-25(13-15-26)19-10-8-18(9-11-19)24-23(28)20-6-4-5-7-21(20)29-3/h4-11,17H,12-16H2,1-3H3,(H,24,28). The quantitative estimate of drug-likeness (QED) is 0.811. The molecule has 2 aromatic carbocycles. The fourth-order valence-electron chi connectivity index (χ4n) is 3.48. The highest BCUT2D eigenvalue weighted by molar-refractivity contribution is 6.06. The maximum atomic E-state index is 12.5. The van der Waals surface area contributed by atoms with Crippen LogP contribution >= 0.6 is 0 Å². The highest BCUT2D eigenvalue weighted by Crippen LogP contribution is 2.22. The number of para-hydroxylation sites is 1. The Kier molecular flexibility index (Phi) is 6.75. The smallest absolute Gasteiger partial charge is 0.259 e. The number of piperazine rings is 1. The number of amides is 2. The van der Waals surface area contributed by atoms with Gasteiger partial charge in [0.25, 0.3) is 5.91 Å². The second kappa shape index (κ2) is 9.45. The Morgan fingerprint density at radius 3 is 2.28 bits per heavy atom. The van der Waals surface area contributed by atoms with Crippen molar-refractivity contribution in [3.63, 3.8) is 0 Å². The lowest BCUT2D eigenvalue weighted by molar-refractivity contribution is -0.132. The van der Waals surface area contributed by atoms with Crippen molar-refractivity contribution in [2.24, 2.45) is 5.92 Å². The third-order valence-electron chi connectivity index (χ3n) is 5.06. The third kappa shape index (κ3) is 5.28. The van der Waals surface area contributed by atoms with Crippen molar-refractivity contribution in [2.75, 3.05) is 43.5 Å². The van der Waals surface area contributed by atoms with Crippen molar-refractivity contribution in [1.82, 2.24) is 4.90 Å². The number of hydrogen-bond donors (Lipinski definition) is 1. The van der Waals surface area contributed by atoms with Crippen LogP contribution in [0.3, 0.4) is 0 Å². The monoisotopic (exact) mass is 395 g/mol. The van der Waals surface area contributed by atoms with Crippen LogP contribution in [0.1, 0.15) is 30.6 Å². The molecule has 1 aliphatic heterocycles. The molecule has 1 N–H and O–H groups in total. The molecule has 0 unspecified atom stereocenters.